The van der Waals surface area contributed by atoms with Gasteiger partial charge in [0.15, 0.2) is 0 Å². The number of piperidine rings is 1. The topological polar surface area (TPSA) is 71.3 Å². The van der Waals surface area contributed by atoms with Gasteiger partial charge in [-0.25, -0.2) is 0 Å². The molecule has 1 fully saturated rings. The predicted molar refractivity (Wildman–Crippen MR) is 77.2 cm³/mol. The first-order valence-electron chi connectivity index (χ1n) is 6.54. The van der Waals surface area contributed by atoms with Crippen LogP contribution in [0.25, 0.3) is 11.6 Å². The molecule has 5 nitrogen and oxygen atoms in total. The Morgan fingerprint density at radius 3 is 2.90 bits per heavy atom. The highest BCUT2D eigenvalue weighted by Crippen LogP contribution is 2.11. The Hall–Kier alpha value is -2.30. The second-order valence-corrected chi connectivity index (χ2v) is 4.71. The van der Waals surface area contributed by atoms with Crippen molar-refractivity contribution in [2.24, 2.45) is 0 Å². The van der Waals surface area contributed by atoms with Crippen molar-refractivity contribution >= 4 is 29.2 Å². The van der Waals surface area contributed by atoms with E-state index in [1.807, 2.05) is 19.9 Å². The van der Waals surface area contributed by atoms with Crippen LogP contribution in [0.15, 0.2) is 23.3 Å². The van der Waals surface area contributed by atoms with Gasteiger partial charge in [-0.05, 0) is 31.9 Å². The monoisotopic (exact) mass is 274 g/mol. The summed E-state index contributed by atoms with van der Waals surface area (Å²) in [7, 11) is 0. The Labute approximate surface area is 117 Å². The first-order chi connectivity index (χ1) is 9.56. The van der Waals surface area contributed by atoms with E-state index in [2.05, 4.69) is 17.2 Å². The van der Waals surface area contributed by atoms with Gasteiger partial charge >= 0.3 is 0 Å². The molecule has 0 bridgehead atoms. The fourth-order valence-electron chi connectivity index (χ4n) is 2.22. The molecule has 0 aliphatic carbocycles. The summed E-state index contributed by atoms with van der Waals surface area (Å²) in [4.78, 5) is 22.9. The van der Waals surface area contributed by atoms with Crippen molar-refractivity contribution in [1.29, 1.82) is 0 Å². The molecule has 20 heavy (non-hydrogen) atoms. The van der Waals surface area contributed by atoms with Gasteiger partial charge in [0.25, 0.3) is 0 Å². The second-order valence-electron chi connectivity index (χ2n) is 4.71. The maximum atomic E-state index is 11.8. The summed E-state index contributed by atoms with van der Waals surface area (Å²) in [6.07, 6.45) is 6.01. The molecule has 0 aromatic carbocycles. The van der Waals surface area contributed by atoms with Gasteiger partial charge in [-0.1, -0.05) is 12.7 Å². The van der Waals surface area contributed by atoms with Gasteiger partial charge in [-0.15, -0.1) is 0 Å². The van der Waals surface area contributed by atoms with Gasteiger partial charge in [-0.3, -0.25) is 14.9 Å². The number of furan rings is 1. The minimum absolute atomic E-state index is 0.225. The highest BCUT2D eigenvalue weighted by Gasteiger charge is 2.26. The van der Waals surface area contributed by atoms with Crippen LogP contribution in [0.3, 0.4) is 0 Å². The molecule has 2 heterocycles. The Bertz CT molecular complexity index is 670. The SMILES string of the molecule is C=C/C(C)=c1/c(NC2CCC(=O)NC2=O)co/c1=C/C. The number of carbonyl (C=O) groups excluding carboxylic acids is 2. The molecule has 0 radical (unpaired) electrons. The quantitative estimate of drug-likeness (QED) is 0.794. The Kier molecular flexibility index (Phi) is 4.08. The predicted octanol–water partition coefficient (Wildman–Crippen LogP) is 0.654. The number of hydrogen-bond donors (Lipinski definition) is 2. The van der Waals surface area contributed by atoms with Gasteiger partial charge < -0.3 is 9.73 Å². The van der Waals surface area contributed by atoms with E-state index in [4.69, 9.17) is 4.42 Å². The molecule has 2 N–H and O–H groups in total. The number of nitrogens with one attached hydrogen (secondary N) is 2. The van der Waals surface area contributed by atoms with E-state index in [0.717, 1.165) is 21.9 Å². The minimum Gasteiger partial charge on any atom is -0.462 e. The van der Waals surface area contributed by atoms with E-state index in [1.165, 1.54) is 0 Å². The van der Waals surface area contributed by atoms with Crippen molar-refractivity contribution in [3.63, 3.8) is 0 Å². The van der Waals surface area contributed by atoms with Gasteiger partial charge in [0.2, 0.25) is 11.8 Å². The zero-order chi connectivity index (χ0) is 14.7. The highest BCUT2D eigenvalue weighted by molar-refractivity contribution is 6.01. The van der Waals surface area contributed by atoms with E-state index in [1.54, 1.807) is 12.3 Å². The van der Waals surface area contributed by atoms with Crippen molar-refractivity contribution < 1.29 is 14.0 Å². The van der Waals surface area contributed by atoms with Gasteiger partial charge in [-0.2, -0.15) is 0 Å². The van der Waals surface area contributed by atoms with Crippen LogP contribution in [0.5, 0.6) is 0 Å². The normalized spacial score (nSPS) is 21.5. The van der Waals surface area contributed by atoms with Crippen LogP contribution < -0.4 is 21.3 Å². The standard InChI is InChI=1S/C15H18N2O3/c1-4-9(3)14-11(8-20-12(14)5-2)16-10-6-7-13(18)17-15(10)19/h4-5,8,10,16H,1,6-7H2,2-3H3,(H,17,18,19)/b12-5+,14-9-. The lowest BCUT2D eigenvalue weighted by Gasteiger charge is -2.22. The highest BCUT2D eigenvalue weighted by atomic mass is 16.3. The van der Waals surface area contributed by atoms with Gasteiger partial charge in [0.1, 0.15) is 17.7 Å². The Morgan fingerprint density at radius 1 is 1.55 bits per heavy atom. The molecule has 1 aromatic rings. The zero-order valence-corrected chi connectivity index (χ0v) is 11.7. The van der Waals surface area contributed by atoms with Crippen molar-refractivity contribution in [3.8, 4) is 0 Å². The van der Waals surface area contributed by atoms with Crippen molar-refractivity contribution in [3.05, 3.63) is 29.6 Å². The molecule has 2 rings (SSSR count). The van der Waals surface area contributed by atoms with E-state index in [9.17, 15) is 9.59 Å². The lowest BCUT2D eigenvalue weighted by Crippen LogP contribution is -2.48. The largest absolute Gasteiger partial charge is 0.462 e. The summed E-state index contributed by atoms with van der Waals surface area (Å²) in [5.74, 6) is -0.524. The third-order valence-corrected chi connectivity index (χ3v) is 3.35. The fraction of sp³-hybridized carbons (Fsp3) is 0.333. The summed E-state index contributed by atoms with van der Waals surface area (Å²) in [6, 6.07) is -0.425. The van der Waals surface area contributed by atoms with Crippen molar-refractivity contribution in [2.45, 2.75) is 32.7 Å². The lowest BCUT2D eigenvalue weighted by molar-refractivity contribution is -0.133. The second kappa shape index (κ2) is 5.77. The van der Waals surface area contributed by atoms with E-state index >= 15 is 0 Å². The molecule has 106 valence electrons. The number of carbonyl (C=O) groups is 2. The number of rotatable bonds is 3. The smallest absolute Gasteiger partial charge is 0.249 e. The van der Waals surface area contributed by atoms with Crippen LogP contribution >= 0.6 is 0 Å². The fourth-order valence-corrected chi connectivity index (χ4v) is 2.22. The van der Waals surface area contributed by atoms with Crippen molar-refractivity contribution in [2.75, 3.05) is 5.32 Å². The number of imide groups is 1. The van der Waals surface area contributed by atoms with E-state index in [-0.39, 0.29) is 11.8 Å². The molecular weight excluding hydrogens is 256 g/mol. The third-order valence-electron chi connectivity index (χ3n) is 3.35. The number of amides is 2. The summed E-state index contributed by atoms with van der Waals surface area (Å²) in [5.41, 5.74) is 2.43. The molecule has 1 aliphatic heterocycles. The molecule has 0 spiro atoms. The number of hydrogen-bond acceptors (Lipinski definition) is 4. The van der Waals surface area contributed by atoms with Gasteiger partial charge in [0, 0.05) is 11.6 Å². The average Bonchev–Trinajstić information content (AvgIpc) is 2.84. The first kappa shape index (κ1) is 14.1. The molecule has 1 atom stereocenters. The lowest BCUT2D eigenvalue weighted by atomic mass is 10.1. The molecule has 0 saturated carbocycles. The van der Waals surface area contributed by atoms with E-state index in [0.29, 0.717) is 12.8 Å². The van der Waals surface area contributed by atoms with Crippen LogP contribution in [0, 0.1) is 0 Å². The minimum atomic E-state index is -0.425. The summed E-state index contributed by atoms with van der Waals surface area (Å²) in [6.45, 7) is 7.57. The molecule has 5 heteroatoms. The summed E-state index contributed by atoms with van der Waals surface area (Å²) < 4.78 is 5.48. The summed E-state index contributed by atoms with van der Waals surface area (Å²) in [5, 5.41) is 6.37. The maximum Gasteiger partial charge on any atom is 0.249 e. The van der Waals surface area contributed by atoms with E-state index < -0.39 is 6.04 Å². The van der Waals surface area contributed by atoms with Crippen molar-refractivity contribution in [1.82, 2.24) is 5.32 Å². The number of allylic oxidation sites excluding steroid dienone is 1. The average molecular weight is 274 g/mol. The van der Waals surface area contributed by atoms with Gasteiger partial charge in [0.05, 0.1) is 5.69 Å². The molecule has 1 unspecified atom stereocenters. The molecule has 1 aliphatic rings. The Balaban J connectivity index is 2.36. The summed E-state index contributed by atoms with van der Waals surface area (Å²) >= 11 is 0. The zero-order valence-electron chi connectivity index (χ0n) is 11.7. The molecule has 2 amide bonds. The Morgan fingerprint density at radius 2 is 2.30 bits per heavy atom. The number of anilines is 1. The van der Waals surface area contributed by atoms with Crippen LogP contribution in [-0.2, 0) is 9.59 Å². The first-order valence-corrected chi connectivity index (χ1v) is 6.54. The van der Waals surface area contributed by atoms with Crippen LogP contribution in [0.4, 0.5) is 5.69 Å². The molecule has 1 saturated heterocycles. The van der Waals surface area contributed by atoms with Crippen LogP contribution in [0.1, 0.15) is 26.7 Å². The van der Waals surface area contributed by atoms with Crippen LogP contribution in [-0.4, -0.2) is 17.9 Å². The molecular formula is C15H18N2O3. The molecule has 1 aromatic heterocycles. The van der Waals surface area contributed by atoms with Crippen LogP contribution in [0.2, 0.25) is 0 Å². The third kappa shape index (κ3) is 2.66. The maximum absolute atomic E-state index is 11.8.